The van der Waals surface area contributed by atoms with Gasteiger partial charge in [0.1, 0.15) is 12.4 Å². The van der Waals surface area contributed by atoms with Crippen LogP contribution in [-0.4, -0.2) is 37.2 Å². The Hall–Kier alpha value is -1.23. The van der Waals surface area contributed by atoms with Gasteiger partial charge in [-0.2, -0.15) is 0 Å². The summed E-state index contributed by atoms with van der Waals surface area (Å²) in [5, 5.41) is 2.77. The Kier molecular flexibility index (Phi) is 4.11. The van der Waals surface area contributed by atoms with E-state index in [0.717, 1.165) is 34.4 Å². The van der Waals surface area contributed by atoms with Crippen LogP contribution >= 0.6 is 15.9 Å². The lowest BCUT2D eigenvalue weighted by atomic mass is 10.1. The van der Waals surface area contributed by atoms with E-state index in [9.17, 15) is 4.79 Å². The van der Waals surface area contributed by atoms with Crippen molar-refractivity contribution in [1.29, 1.82) is 0 Å². The minimum absolute atomic E-state index is 0.00164. The van der Waals surface area contributed by atoms with E-state index < -0.39 is 0 Å². The first-order valence-electron chi connectivity index (χ1n) is 6.00. The zero-order valence-electron chi connectivity index (χ0n) is 10.6. The van der Waals surface area contributed by atoms with E-state index in [1.54, 1.807) is 4.90 Å². The second kappa shape index (κ2) is 5.61. The molecule has 1 N–H and O–H groups in total. The summed E-state index contributed by atoms with van der Waals surface area (Å²) >= 11 is 3.53. The van der Waals surface area contributed by atoms with Gasteiger partial charge in [0.25, 0.3) is 0 Å². The Labute approximate surface area is 115 Å². The molecule has 1 saturated heterocycles. The van der Waals surface area contributed by atoms with Crippen molar-refractivity contribution in [2.75, 3.05) is 26.2 Å². The quantitative estimate of drug-likeness (QED) is 0.928. The van der Waals surface area contributed by atoms with Gasteiger partial charge in [0.15, 0.2) is 0 Å². The van der Waals surface area contributed by atoms with E-state index in [4.69, 9.17) is 4.74 Å². The largest absolute Gasteiger partial charge is 0.492 e. The van der Waals surface area contributed by atoms with E-state index in [1.165, 1.54) is 0 Å². The molecule has 4 nitrogen and oxygen atoms in total. The summed E-state index contributed by atoms with van der Waals surface area (Å²) in [5.74, 6) is 0.854. The summed E-state index contributed by atoms with van der Waals surface area (Å²) in [6.45, 7) is 6.72. The first-order valence-corrected chi connectivity index (χ1v) is 6.79. The lowest BCUT2D eigenvalue weighted by Gasteiger charge is -2.15. The topological polar surface area (TPSA) is 41.6 Å². The molecule has 1 aliphatic rings. The van der Waals surface area contributed by atoms with E-state index >= 15 is 0 Å². The second-order valence-corrected chi connectivity index (χ2v) is 5.23. The number of benzene rings is 1. The molecule has 18 heavy (non-hydrogen) atoms. The smallest absolute Gasteiger partial charge is 0.317 e. The molecule has 0 bridgehead atoms. The summed E-state index contributed by atoms with van der Waals surface area (Å²) in [7, 11) is 0. The number of aryl methyl sites for hydroxylation is 2. The highest BCUT2D eigenvalue weighted by atomic mass is 79.9. The SMILES string of the molecule is Cc1cc(OCCN2CCNC2=O)cc(C)c1Br. The van der Waals surface area contributed by atoms with Crippen molar-refractivity contribution in [2.24, 2.45) is 0 Å². The normalized spacial score (nSPS) is 14.8. The number of nitrogens with one attached hydrogen (secondary N) is 1. The first-order chi connectivity index (χ1) is 8.58. The molecule has 0 spiro atoms. The van der Waals surface area contributed by atoms with Crippen molar-refractivity contribution in [2.45, 2.75) is 13.8 Å². The summed E-state index contributed by atoms with van der Waals surface area (Å²) < 4.78 is 6.81. The number of rotatable bonds is 4. The molecule has 1 heterocycles. The number of carbonyl (C=O) groups is 1. The van der Waals surface area contributed by atoms with Gasteiger partial charge in [-0.3, -0.25) is 0 Å². The number of hydrogen-bond donors (Lipinski definition) is 1. The summed E-state index contributed by atoms with van der Waals surface area (Å²) in [5.41, 5.74) is 2.31. The van der Waals surface area contributed by atoms with E-state index in [-0.39, 0.29) is 6.03 Å². The van der Waals surface area contributed by atoms with Crippen molar-refractivity contribution in [3.8, 4) is 5.75 Å². The Bertz CT molecular complexity index is 439. The third-order valence-electron chi connectivity index (χ3n) is 2.99. The summed E-state index contributed by atoms with van der Waals surface area (Å²) in [6.07, 6.45) is 0. The molecule has 1 fully saturated rings. The molecular weight excluding hydrogens is 296 g/mol. The monoisotopic (exact) mass is 312 g/mol. The van der Waals surface area contributed by atoms with Crippen LogP contribution in [0.2, 0.25) is 0 Å². The van der Waals surface area contributed by atoms with Gasteiger partial charge in [0.05, 0.1) is 6.54 Å². The van der Waals surface area contributed by atoms with Crippen molar-refractivity contribution in [3.05, 3.63) is 27.7 Å². The lowest BCUT2D eigenvalue weighted by Crippen LogP contribution is -2.31. The van der Waals surface area contributed by atoms with Crippen molar-refractivity contribution >= 4 is 22.0 Å². The molecule has 0 saturated carbocycles. The number of carbonyl (C=O) groups excluding carboxylic acids is 1. The predicted octanol–water partition coefficient (Wildman–Crippen LogP) is 2.47. The Balaban J connectivity index is 1.88. The van der Waals surface area contributed by atoms with Gasteiger partial charge in [-0.25, -0.2) is 4.79 Å². The predicted molar refractivity (Wildman–Crippen MR) is 74.1 cm³/mol. The van der Waals surface area contributed by atoms with Crippen LogP contribution in [0.25, 0.3) is 0 Å². The minimum atomic E-state index is 0.00164. The fraction of sp³-hybridized carbons (Fsp3) is 0.462. The van der Waals surface area contributed by atoms with Crippen LogP contribution in [0.15, 0.2) is 16.6 Å². The standard InChI is InChI=1S/C13H17BrN2O2/c1-9-7-11(8-10(2)12(9)14)18-6-5-16-4-3-15-13(16)17/h7-8H,3-6H2,1-2H3,(H,15,17). The third-order valence-corrected chi connectivity index (χ3v) is 4.24. The molecule has 5 heteroatoms. The highest BCUT2D eigenvalue weighted by Gasteiger charge is 2.18. The average Bonchev–Trinajstić information content (AvgIpc) is 2.72. The Morgan fingerprint density at radius 2 is 2.06 bits per heavy atom. The molecule has 0 aromatic heterocycles. The van der Waals surface area contributed by atoms with Crippen LogP contribution < -0.4 is 10.1 Å². The number of ether oxygens (including phenoxy) is 1. The molecule has 0 atom stereocenters. The molecule has 1 aromatic rings. The zero-order chi connectivity index (χ0) is 13.1. The number of halogens is 1. The number of amides is 2. The van der Waals surface area contributed by atoms with Gasteiger partial charge in [-0.15, -0.1) is 0 Å². The highest BCUT2D eigenvalue weighted by molar-refractivity contribution is 9.10. The molecule has 1 aromatic carbocycles. The van der Waals surface area contributed by atoms with E-state index in [1.807, 2.05) is 26.0 Å². The summed E-state index contributed by atoms with van der Waals surface area (Å²) in [6, 6.07) is 4.00. The number of hydrogen-bond acceptors (Lipinski definition) is 2. The Morgan fingerprint density at radius 1 is 1.39 bits per heavy atom. The maximum Gasteiger partial charge on any atom is 0.317 e. The van der Waals surface area contributed by atoms with Crippen molar-refractivity contribution in [1.82, 2.24) is 10.2 Å². The third kappa shape index (κ3) is 2.96. The van der Waals surface area contributed by atoms with Crippen LogP contribution in [-0.2, 0) is 0 Å². The number of nitrogens with zero attached hydrogens (tertiary/aromatic N) is 1. The maximum absolute atomic E-state index is 11.3. The zero-order valence-corrected chi connectivity index (χ0v) is 12.2. The molecule has 2 rings (SSSR count). The van der Waals surface area contributed by atoms with Crippen LogP contribution in [0, 0.1) is 13.8 Å². The average molecular weight is 313 g/mol. The van der Waals surface area contributed by atoms with E-state index in [0.29, 0.717) is 13.2 Å². The highest BCUT2D eigenvalue weighted by Crippen LogP contribution is 2.26. The Morgan fingerprint density at radius 3 is 2.61 bits per heavy atom. The molecular formula is C13H17BrN2O2. The first kappa shape index (κ1) is 13.2. The molecule has 1 aliphatic heterocycles. The number of urea groups is 1. The van der Waals surface area contributed by atoms with Crippen LogP contribution in [0.4, 0.5) is 4.79 Å². The van der Waals surface area contributed by atoms with Crippen molar-refractivity contribution < 1.29 is 9.53 Å². The van der Waals surface area contributed by atoms with Crippen LogP contribution in [0.5, 0.6) is 5.75 Å². The summed E-state index contributed by atoms with van der Waals surface area (Å²) in [4.78, 5) is 13.1. The van der Waals surface area contributed by atoms with Crippen LogP contribution in [0.1, 0.15) is 11.1 Å². The maximum atomic E-state index is 11.3. The van der Waals surface area contributed by atoms with Gasteiger partial charge in [0, 0.05) is 17.6 Å². The van der Waals surface area contributed by atoms with Crippen LogP contribution in [0.3, 0.4) is 0 Å². The van der Waals surface area contributed by atoms with Gasteiger partial charge >= 0.3 is 6.03 Å². The molecule has 0 aliphatic carbocycles. The lowest BCUT2D eigenvalue weighted by molar-refractivity contribution is 0.202. The van der Waals surface area contributed by atoms with Gasteiger partial charge in [0.2, 0.25) is 0 Å². The molecule has 2 amide bonds. The fourth-order valence-electron chi connectivity index (χ4n) is 1.99. The minimum Gasteiger partial charge on any atom is -0.492 e. The second-order valence-electron chi connectivity index (χ2n) is 4.44. The molecule has 98 valence electrons. The van der Waals surface area contributed by atoms with Gasteiger partial charge in [-0.1, -0.05) is 15.9 Å². The van der Waals surface area contributed by atoms with Gasteiger partial charge < -0.3 is 15.0 Å². The van der Waals surface area contributed by atoms with Crippen molar-refractivity contribution in [3.63, 3.8) is 0 Å². The fourth-order valence-corrected chi connectivity index (χ4v) is 2.22. The molecule has 0 unspecified atom stereocenters. The van der Waals surface area contributed by atoms with E-state index in [2.05, 4.69) is 21.2 Å². The van der Waals surface area contributed by atoms with Gasteiger partial charge in [-0.05, 0) is 37.1 Å². The molecule has 0 radical (unpaired) electrons.